The van der Waals surface area contributed by atoms with Gasteiger partial charge in [-0.25, -0.2) is 9.78 Å². The van der Waals surface area contributed by atoms with Gasteiger partial charge in [-0.15, -0.1) is 0 Å². The van der Waals surface area contributed by atoms with Crippen LogP contribution in [0.15, 0.2) is 47.3 Å². The number of rotatable bonds is 5. The molecule has 29 heavy (non-hydrogen) atoms. The molecule has 0 aliphatic carbocycles. The number of hydrogen-bond acceptors (Lipinski definition) is 7. The maximum atomic E-state index is 12.8. The SMILES string of the molecule is COC(=O)c1ccc(C(=O)N2CCc3oc(CCc4cccnc4)nc3C2)nc1. The lowest BCUT2D eigenvalue weighted by Gasteiger charge is -2.24. The molecule has 3 aromatic heterocycles. The number of ether oxygens (including phenoxy) is 1. The Morgan fingerprint density at radius 2 is 2.10 bits per heavy atom. The number of carbonyl (C=O) groups is 2. The minimum Gasteiger partial charge on any atom is -0.465 e. The highest BCUT2D eigenvalue weighted by Gasteiger charge is 2.27. The lowest BCUT2D eigenvalue weighted by Crippen LogP contribution is -2.36. The summed E-state index contributed by atoms with van der Waals surface area (Å²) in [6, 6.07) is 7.00. The Bertz CT molecular complexity index is 1010. The smallest absolute Gasteiger partial charge is 0.339 e. The summed E-state index contributed by atoms with van der Waals surface area (Å²) in [5.41, 5.74) is 2.50. The lowest BCUT2D eigenvalue weighted by molar-refractivity contribution is 0.0598. The van der Waals surface area contributed by atoms with Crippen LogP contribution in [0, 0.1) is 0 Å². The number of aryl methyl sites for hydroxylation is 2. The second-order valence-electron chi connectivity index (χ2n) is 6.74. The first kappa shape index (κ1) is 18.8. The number of fused-ring (bicyclic) bond motifs is 1. The largest absolute Gasteiger partial charge is 0.465 e. The first-order valence-electron chi connectivity index (χ1n) is 9.34. The molecule has 1 amide bonds. The molecule has 0 atom stereocenters. The van der Waals surface area contributed by atoms with Crippen LogP contribution in [0.2, 0.25) is 0 Å². The molecule has 0 saturated carbocycles. The molecule has 0 unspecified atom stereocenters. The van der Waals surface area contributed by atoms with Gasteiger partial charge in [0, 0.05) is 38.0 Å². The molecule has 148 valence electrons. The second-order valence-corrected chi connectivity index (χ2v) is 6.74. The summed E-state index contributed by atoms with van der Waals surface area (Å²) < 4.78 is 10.5. The molecule has 0 N–H and O–H groups in total. The number of aromatic nitrogens is 3. The highest BCUT2D eigenvalue weighted by molar-refractivity contribution is 5.94. The Labute approximate surface area is 167 Å². The summed E-state index contributed by atoms with van der Waals surface area (Å²) in [7, 11) is 1.30. The van der Waals surface area contributed by atoms with E-state index in [0.717, 1.165) is 23.4 Å². The van der Waals surface area contributed by atoms with Crippen LogP contribution in [-0.2, 0) is 30.5 Å². The summed E-state index contributed by atoms with van der Waals surface area (Å²) in [6.07, 6.45) is 7.02. The molecule has 0 spiro atoms. The number of oxazole rings is 1. The summed E-state index contributed by atoms with van der Waals surface area (Å²) in [6.45, 7) is 0.911. The Kier molecular flexibility index (Phi) is 5.33. The van der Waals surface area contributed by atoms with Gasteiger partial charge in [0.05, 0.1) is 19.2 Å². The van der Waals surface area contributed by atoms with Crippen molar-refractivity contribution >= 4 is 11.9 Å². The minimum atomic E-state index is -0.486. The summed E-state index contributed by atoms with van der Waals surface area (Å²) in [4.78, 5) is 38.7. The Hall–Kier alpha value is -3.55. The molecule has 8 heteroatoms. The van der Waals surface area contributed by atoms with Crippen LogP contribution < -0.4 is 0 Å². The van der Waals surface area contributed by atoms with Crippen molar-refractivity contribution in [3.63, 3.8) is 0 Å². The zero-order chi connectivity index (χ0) is 20.2. The summed E-state index contributed by atoms with van der Waals surface area (Å²) in [5.74, 6) is 0.824. The lowest BCUT2D eigenvalue weighted by atomic mass is 10.1. The summed E-state index contributed by atoms with van der Waals surface area (Å²) >= 11 is 0. The van der Waals surface area contributed by atoms with Gasteiger partial charge < -0.3 is 14.1 Å². The second kappa shape index (κ2) is 8.22. The molecule has 1 aliphatic rings. The van der Waals surface area contributed by atoms with Crippen LogP contribution in [-0.4, -0.2) is 45.4 Å². The van der Waals surface area contributed by atoms with Crippen molar-refractivity contribution in [3.05, 3.63) is 77.0 Å². The predicted octanol–water partition coefficient (Wildman–Crippen LogP) is 2.23. The minimum absolute atomic E-state index is 0.202. The van der Waals surface area contributed by atoms with E-state index in [1.807, 2.05) is 18.3 Å². The van der Waals surface area contributed by atoms with Gasteiger partial charge in [0.15, 0.2) is 5.89 Å². The van der Waals surface area contributed by atoms with Crippen molar-refractivity contribution in [3.8, 4) is 0 Å². The van der Waals surface area contributed by atoms with E-state index in [-0.39, 0.29) is 11.6 Å². The molecule has 8 nitrogen and oxygen atoms in total. The van der Waals surface area contributed by atoms with Crippen LogP contribution in [0.4, 0.5) is 0 Å². The fourth-order valence-corrected chi connectivity index (χ4v) is 3.25. The van der Waals surface area contributed by atoms with Gasteiger partial charge in [0.25, 0.3) is 5.91 Å². The molecule has 1 aliphatic heterocycles. The molecule has 4 rings (SSSR count). The van der Waals surface area contributed by atoms with E-state index in [1.54, 1.807) is 11.1 Å². The fourth-order valence-electron chi connectivity index (χ4n) is 3.25. The van der Waals surface area contributed by atoms with Crippen molar-refractivity contribution in [1.29, 1.82) is 0 Å². The average molecular weight is 392 g/mol. The van der Waals surface area contributed by atoms with E-state index in [2.05, 4.69) is 19.7 Å². The maximum Gasteiger partial charge on any atom is 0.339 e. The van der Waals surface area contributed by atoms with Crippen molar-refractivity contribution in [2.24, 2.45) is 0 Å². The third-order valence-corrected chi connectivity index (χ3v) is 4.81. The predicted molar refractivity (Wildman–Crippen MR) is 102 cm³/mol. The molecule has 0 radical (unpaired) electrons. The van der Waals surface area contributed by atoms with Gasteiger partial charge in [-0.2, -0.15) is 0 Å². The van der Waals surface area contributed by atoms with E-state index in [4.69, 9.17) is 4.42 Å². The zero-order valence-electron chi connectivity index (χ0n) is 16.0. The number of methoxy groups -OCH3 is 1. The van der Waals surface area contributed by atoms with Crippen LogP contribution in [0.1, 0.15) is 43.8 Å². The molecule has 3 aromatic rings. The third-order valence-electron chi connectivity index (χ3n) is 4.81. The van der Waals surface area contributed by atoms with Gasteiger partial charge in [0.1, 0.15) is 17.1 Å². The van der Waals surface area contributed by atoms with E-state index in [1.165, 1.54) is 25.4 Å². The van der Waals surface area contributed by atoms with Crippen LogP contribution >= 0.6 is 0 Å². The standard InChI is InChI=1S/C21H20N4O4/c1-28-21(27)15-5-6-16(23-12-15)20(26)25-10-8-18-17(13-25)24-19(29-18)7-4-14-3-2-9-22-11-14/h2-3,5-6,9,11-12H,4,7-8,10,13H2,1H3. The van der Waals surface area contributed by atoms with E-state index in [9.17, 15) is 9.59 Å². The molecule has 0 fully saturated rings. The number of hydrogen-bond donors (Lipinski definition) is 0. The van der Waals surface area contributed by atoms with Gasteiger partial charge in [0.2, 0.25) is 0 Å². The molecule has 4 heterocycles. The Morgan fingerprint density at radius 1 is 1.21 bits per heavy atom. The van der Waals surface area contributed by atoms with Gasteiger partial charge in [-0.05, 0) is 30.2 Å². The number of nitrogens with zero attached hydrogens (tertiary/aromatic N) is 4. The van der Waals surface area contributed by atoms with Crippen LogP contribution in [0.3, 0.4) is 0 Å². The quantitative estimate of drug-likeness (QED) is 0.614. The summed E-state index contributed by atoms with van der Waals surface area (Å²) in [5, 5.41) is 0. The first-order chi connectivity index (χ1) is 14.1. The highest BCUT2D eigenvalue weighted by Crippen LogP contribution is 2.22. The zero-order valence-corrected chi connectivity index (χ0v) is 16.0. The number of amides is 1. The first-order valence-corrected chi connectivity index (χ1v) is 9.34. The molecule has 0 bridgehead atoms. The third kappa shape index (κ3) is 4.16. The molecule has 0 saturated heterocycles. The van der Waals surface area contributed by atoms with Crippen molar-refractivity contribution < 1.29 is 18.7 Å². The Balaban J connectivity index is 1.41. The highest BCUT2D eigenvalue weighted by atomic mass is 16.5. The van der Waals surface area contributed by atoms with Crippen molar-refractivity contribution in [2.75, 3.05) is 13.7 Å². The molecular formula is C21H20N4O4. The molecular weight excluding hydrogens is 372 g/mol. The molecule has 0 aromatic carbocycles. The fraction of sp³-hybridized carbons (Fsp3) is 0.286. The van der Waals surface area contributed by atoms with E-state index in [0.29, 0.717) is 37.4 Å². The van der Waals surface area contributed by atoms with E-state index < -0.39 is 5.97 Å². The van der Waals surface area contributed by atoms with E-state index >= 15 is 0 Å². The number of pyridine rings is 2. The average Bonchev–Trinajstić information content (AvgIpc) is 3.19. The van der Waals surface area contributed by atoms with Crippen molar-refractivity contribution in [2.45, 2.75) is 25.8 Å². The Morgan fingerprint density at radius 3 is 2.83 bits per heavy atom. The van der Waals surface area contributed by atoms with Gasteiger partial charge in [-0.3, -0.25) is 14.8 Å². The topological polar surface area (TPSA) is 98.4 Å². The number of carbonyl (C=O) groups excluding carboxylic acids is 2. The van der Waals surface area contributed by atoms with Crippen LogP contribution in [0.5, 0.6) is 0 Å². The normalized spacial score (nSPS) is 13.1. The van der Waals surface area contributed by atoms with Crippen molar-refractivity contribution in [1.82, 2.24) is 19.9 Å². The van der Waals surface area contributed by atoms with Gasteiger partial charge in [-0.1, -0.05) is 6.07 Å². The van der Waals surface area contributed by atoms with Crippen LogP contribution in [0.25, 0.3) is 0 Å². The monoisotopic (exact) mass is 392 g/mol. The maximum absolute atomic E-state index is 12.8. The number of esters is 1. The van der Waals surface area contributed by atoms with Gasteiger partial charge >= 0.3 is 5.97 Å².